The summed E-state index contributed by atoms with van der Waals surface area (Å²) in [6, 6.07) is 23.0. The van der Waals surface area contributed by atoms with Gasteiger partial charge in [-0.3, -0.25) is 9.69 Å². The lowest BCUT2D eigenvalue weighted by atomic mass is 9.87. The summed E-state index contributed by atoms with van der Waals surface area (Å²) in [6.07, 6.45) is 5.50. The highest BCUT2D eigenvalue weighted by Gasteiger charge is 2.47. The van der Waals surface area contributed by atoms with Crippen LogP contribution < -0.4 is 10.2 Å². The average molecular weight is 549 g/mol. The first-order valence-corrected chi connectivity index (χ1v) is 14.5. The number of para-hydroxylation sites is 1. The molecule has 1 N–H and O–H groups in total. The van der Waals surface area contributed by atoms with E-state index in [-0.39, 0.29) is 5.91 Å². The van der Waals surface area contributed by atoms with E-state index in [1.54, 1.807) is 12.1 Å². The van der Waals surface area contributed by atoms with E-state index in [1.165, 1.54) is 24.5 Å². The van der Waals surface area contributed by atoms with Crippen molar-refractivity contribution >= 4 is 23.2 Å². The molecule has 3 aliphatic rings. The largest absolute Gasteiger partial charge is 0.340 e. The zero-order valence-electron chi connectivity index (χ0n) is 23.3. The van der Waals surface area contributed by atoms with Gasteiger partial charge in [0.1, 0.15) is 17.2 Å². The Morgan fingerprint density at radius 3 is 2.56 bits per heavy atom. The molecule has 1 fully saturated rings. The molecular weight excluding hydrogens is 515 g/mol. The van der Waals surface area contributed by atoms with Crippen molar-refractivity contribution in [2.24, 2.45) is 5.92 Å². The summed E-state index contributed by atoms with van der Waals surface area (Å²) in [7, 11) is 1.90. The lowest BCUT2D eigenvalue weighted by Gasteiger charge is -2.46. The predicted molar refractivity (Wildman–Crippen MR) is 158 cm³/mol. The number of carbonyl (C=O) groups excluding carboxylic acids is 1. The van der Waals surface area contributed by atoms with Crippen molar-refractivity contribution < 1.29 is 9.18 Å². The van der Waals surface area contributed by atoms with Crippen LogP contribution in [0.4, 0.5) is 21.7 Å². The second-order valence-corrected chi connectivity index (χ2v) is 11.2. The van der Waals surface area contributed by atoms with Crippen LogP contribution in [0.25, 0.3) is 11.3 Å². The van der Waals surface area contributed by atoms with Gasteiger partial charge in [0.2, 0.25) is 5.95 Å². The molecule has 0 bridgehead atoms. The lowest BCUT2D eigenvalue weighted by molar-refractivity contribution is 0.0815. The van der Waals surface area contributed by atoms with Gasteiger partial charge in [0.15, 0.2) is 5.82 Å². The van der Waals surface area contributed by atoms with Crippen molar-refractivity contribution in [2.75, 3.05) is 17.3 Å². The number of halogens is 1. The zero-order chi connectivity index (χ0) is 28.1. The number of rotatable bonds is 6. The standard InChI is InChI=1S/C33H33FN6O/c1-3-22-19-24-9-7-13-27(24)40-31-29(33(41)38(2)32(22)40)30(35-25-10-5-4-6-11-25)39(37-31)20-21-15-17-23(18-16-21)26-12-8-14-28(34)36-26/h4-6,8,10-12,14-18,24,27,35H,3,7,9,13,19-20H2,1-2H3. The number of benzene rings is 2. The van der Waals surface area contributed by atoms with Gasteiger partial charge < -0.3 is 10.2 Å². The molecule has 7 rings (SSSR count). The highest BCUT2D eigenvalue weighted by atomic mass is 19.1. The number of carbonyl (C=O) groups is 1. The monoisotopic (exact) mass is 548 g/mol. The van der Waals surface area contributed by atoms with Crippen molar-refractivity contribution in [1.82, 2.24) is 19.7 Å². The van der Waals surface area contributed by atoms with Gasteiger partial charge in [-0.15, -0.1) is 0 Å². The van der Waals surface area contributed by atoms with E-state index in [9.17, 15) is 9.18 Å². The molecule has 1 amide bonds. The smallest absolute Gasteiger partial charge is 0.266 e. The summed E-state index contributed by atoms with van der Waals surface area (Å²) >= 11 is 0. The molecule has 1 aliphatic carbocycles. The molecule has 1 saturated carbocycles. The van der Waals surface area contributed by atoms with Crippen LogP contribution in [0.5, 0.6) is 0 Å². The van der Waals surface area contributed by atoms with E-state index in [0.29, 0.717) is 35.6 Å². The van der Waals surface area contributed by atoms with Gasteiger partial charge in [-0.1, -0.05) is 61.9 Å². The van der Waals surface area contributed by atoms with Crippen molar-refractivity contribution in [3.8, 4) is 11.3 Å². The quantitative estimate of drug-likeness (QED) is 0.264. The highest BCUT2D eigenvalue weighted by molar-refractivity contribution is 6.07. The minimum Gasteiger partial charge on any atom is -0.340 e. The number of amides is 1. The van der Waals surface area contributed by atoms with E-state index in [1.807, 2.05) is 71.2 Å². The number of nitrogens with one attached hydrogen (secondary N) is 1. The third-order valence-electron chi connectivity index (χ3n) is 8.76. The Morgan fingerprint density at radius 2 is 1.80 bits per heavy atom. The SMILES string of the molecule is CCC1=C2N(C)C(=O)c3c(nn(Cc4ccc(-c5cccc(F)n5)cc4)c3Nc3ccccc3)N2C2CCCC2C1. The molecule has 7 nitrogen and oxygen atoms in total. The van der Waals surface area contributed by atoms with Crippen LogP contribution >= 0.6 is 0 Å². The number of aromatic nitrogens is 3. The van der Waals surface area contributed by atoms with Crippen LogP contribution in [0, 0.1) is 11.9 Å². The maximum absolute atomic E-state index is 14.1. The number of anilines is 3. The fraction of sp³-hybridized carbons (Fsp3) is 0.303. The van der Waals surface area contributed by atoms with E-state index >= 15 is 0 Å². The maximum Gasteiger partial charge on any atom is 0.266 e. The average Bonchev–Trinajstić information content (AvgIpc) is 3.61. The summed E-state index contributed by atoms with van der Waals surface area (Å²) in [6.45, 7) is 2.66. The van der Waals surface area contributed by atoms with Crippen molar-refractivity contribution in [3.63, 3.8) is 0 Å². The Labute approximate surface area is 239 Å². The van der Waals surface area contributed by atoms with Crippen LogP contribution in [-0.4, -0.2) is 38.7 Å². The Hall–Kier alpha value is -4.46. The first-order chi connectivity index (χ1) is 20.0. The van der Waals surface area contributed by atoms with Crippen LogP contribution in [0.15, 0.2) is 84.2 Å². The molecule has 4 heterocycles. The van der Waals surface area contributed by atoms with Crippen LogP contribution in [0.3, 0.4) is 0 Å². The summed E-state index contributed by atoms with van der Waals surface area (Å²) in [4.78, 5) is 22.3. The van der Waals surface area contributed by atoms with Gasteiger partial charge >= 0.3 is 0 Å². The molecule has 0 spiro atoms. The summed E-state index contributed by atoms with van der Waals surface area (Å²) in [5, 5.41) is 8.70. The Balaban J connectivity index is 1.33. The van der Waals surface area contributed by atoms with Crippen LogP contribution in [-0.2, 0) is 6.54 Å². The second kappa shape index (κ2) is 10.2. The molecule has 2 aromatic carbocycles. The summed E-state index contributed by atoms with van der Waals surface area (Å²) in [5.74, 6) is 2.52. The van der Waals surface area contributed by atoms with Gasteiger partial charge in [-0.05, 0) is 67.0 Å². The molecule has 2 unspecified atom stereocenters. The van der Waals surface area contributed by atoms with E-state index in [4.69, 9.17) is 5.10 Å². The van der Waals surface area contributed by atoms with Crippen LogP contribution in [0.1, 0.15) is 54.9 Å². The second-order valence-electron chi connectivity index (χ2n) is 11.2. The Bertz CT molecular complexity index is 1640. The maximum atomic E-state index is 14.1. The third kappa shape index (κ3) is 4.38. The fourth-order valence-electron chi connectivity index (χ4n) is 6.79. The number of pyridine rings is 1. The van der Waals surface area contributed by atoms with Crippen molar-refractivity contribution in [1.29, 1.82) is 0 Å². The molecule has 0 radical (unpaired) electrons. The van der Waals surface area contributed by atoms with Gasteiger partial charge in [0.25, 0.3) is 5.91 Å². The predicted octanol–water partition coefficient (Wildman–Crippen LogP) is 6.96. The summed E-state index contributed by atoms with van der Waals surface area (Å²) < 4.78 is 15.6. The zero-order valence-corrected chi connectivity index (χ0v) is 23.3. The molecule has 2 aliphatic heterocycles. The minimum atomic E-state index is -0.498. The number of fused-ring (bicyclic) bond motifs is 5. The molecule has 2 aromatic heterocycles. The van der Waals surface area contributed by atoms with Crippen molar-refractivity contribution in [3.05, 3.63) is 101 Å². The Kier molecular flexibility index (Phi) is 6.33. The van der Waals surface area contributed by atoms with E-state index < -0.39 is 5.95 Å². The third-order valence-corrected chi connectivity index (χ3v) is 8.76. The number of nitrogens with zero attached hydrogens (tertiary/aromatic N) is 5. The van der Waals surface area contributed by atoms with Gasteiger partial charge in [-0.25, -0.2) is 9.67 Å². The van der Waals surface area contributed by atoms with E-state index in [0.717, 1.165) is 47.7 Å². The summed E-state index contributed by atoms with van der Waals surface area (Å²) in [5.41, 5.74) is 5.30. The minimum absolute atomic E-state index is 0.0362. The molecule has 4 aromatic rings. The first-order valence-electron chi connectivity index (χ1n) is 14.5. The topological polar surface area (TPSA) is 66.3 Å². The number of allylic oxidation sites excluding steroid dienone is 1. The van der Waals surface area contributed by atoms with Crippen LogP contribution in [0.2, 0.25) is 0 Å². The highest BCUT2D eigenvalue weighted by Crippen LogP contribution is 2.49. The van der Waals surface area contributed by atoms with Gasteiger partial charge in [0.05, 0.1) is 12.2 Å². The molecule has 8 heteroatoms. The van der Waals surface area contributed by atoms with E-state index in [2.05, 4.69) is 22.1 Å². The number of hydrogen-bond donors (Lipinski definition) is 1. The fourth-order valence-corrected chi connectivity index (χ4v) is 6.79. The molecule has 0 saturated heterocycles. The molecule has 41 heavy (non-hydrogen) atoms. The van der Waals surface area contributed by atoms with Gasteiger partial charge in [0, 0.05) is 24.3 Å². The Morgan fingerprint density at radius 1 is 1.00 bits per heavy atom. The van der Waals surface area contributed by atoms with Crippen molar-refractivity contribution in [2.45, 2.75) is 51.6 Å². The molecule has 208 valence electrons. The molecule has 2 atom stereocenters. The van der Waals surface area contributed by atoms with Gasteiger partial charge in [-0.2, -0.15) is 9.49 Å². The lowest BCUT2D eigenvalue weighted by Crippen LogP contribution is -2.51. The number of hydrogen-bond acceptors (Lipinski definition) is 5. The first kappa shape index (κ1) is 25.5. The normalized spacial score (nSPS) is 19.7. The molecular formula is C33H33FN6O.